The van der Waals surface area contributed by atoms with Gasteiger partial charge in [-0.1, -0.05) is 148 Å². The Morgan fingerprint density at radius 1 is 0.619 bits per heavy atom. The summed E-state index contributed by atoms with van der Waals surface area (Å²) in [6.07, 6.45) is 0.122. The number of carbonyl (C=O) groups is 6. The second-order valence-electron chi connectivity index (χ2n) is 22.0. The first kappa shape index (κ1) is 64.3. The van der Waals surface area contributed by atoms with Crippen molar-refractivity contribution in [3.05, 3.63) is 196 Å². The number of amides is 3. The minimum absolute atomic E-state index is 0.205. The van der Waals surface area contributed by atoms with Gasteiger partial charge in [-0.05, 0) is 141 Å². The number of halogens is 2. The summed E-state index contributed by atoms with van der Waals surface area (Å²) in [5.74, 6) is -0.322. The lowest BCUT2D eigenvalue weighted by atomic mass is 9.86. The molecule has 8 aromatic rings. The van der Waals surface area contributed by atoms with Crippen LogP contribution in [0.15, 0.2) is 158 Å². The molecule has 16 nitrogen and oxygen atoms in total. The summed E-state index contributed by atoms with van der Waals surface area (Å²) >= 11 is 12.6. The molecule has 0 saturated carbocycles. The van der Waals surface area contributed by atoms with Crippen LogP contribution in [0.5, 0.6) is 23.0 Å². The number of hydrogen-bond acceptors (Lipinski definition) is 12. The number of nitrogens with one attached hydrogen (secondary N) is 3. The van der Waals surface area contributed by atoms with E-state index in [4.69, 9.17) is 37.4 Å². The summed E-state index contributed by atoms with van der Waals surface area (Å²) in [5.41, 5.74) is 5.86. The lowest BCUT2D eigenvalue weighted by Crippen LogP contribution is -2.45. The van der Waals surface area contributed by atoms with Crippen molar-refractivity contribution >= 4 is 86.6 Å². The van der Waals surface area contributed by atoms with Gasteiger partial charge in [-0.15, -0.1) is 5.10 Å². The van der Waals surface area contributed by atoms with Crippen LogP contribution >= 0.6 is 23.2 Å². The van der Waals surface area contributed by atoms with E-state index in [1.54, 1.807) is 133 Å². The zero-order chi connectivity index (χ0) is 61.3. The molecule has 2 atom stereocenters. The van der Waals surface area contributed by atoms with Crippen LogP contribution in [-0.2, 0) is 35.2 Å². The molecule has 0 aliphatic rings. The molecular formula is C66H70Cl2N6O10. The molecule has 0 aliphatic heterocycles. The zero-order valence-electron chi connectivity index (χ0n) is 48.7. The molecule has 438 valence electrons. The average Bonchev–Trinajstić information content (AvgIpc) is 4.02. The number of para-hydroxylation sites is 2. The minimum atomic E-state index is -1.33. The summed E-state index contributed by atoms with van der Waals surface area (Å²) in [5, 5.41) is 26.6. The molecule has 4 N–H and O–H groups in total. The number of anilines is 3. The Morgan fingerprint density at radius 3 is 1.82 bits per heavy atom. The van der Waals surface area contributed by atoms with Crippen molar-refractivity contribution in [3.8, 4) is 23.0 Å². The van der Waals surface area contributed by atoms with E-state index in [9.17, 15) is 33.9 Å². The van der Waals surface area contributed by atoms with Crippen LogP contribution < -0.4 is 30.2 Å². The number of benzene rings is 7. The lowest BCUT2D eigenvalue weighted by Gasteiger charge is -2.25. The molecule has 1 aromatic heterocycles. The molecule has 0 spiro atoms. The average molecular weight is 1180 g/mol. The number of aromatic nitrogens is 3. The van der Waals surface area contributed by atoms with Gasteiger partial charge in [0.2, 0.25) is 12.0 Å². The summed E-state index contributed by atoms with van der Waals surface area (Å²) in [6, 6.07) is 45.1. The number of Topliss-reactive ketones (excluding diaryl/α,β-unsaturated/α-hetero) is 2. The number of phenolic OH excluding ortho intramolecular Hbond substituents is 1. The maximum atomic E-state index is 13.6. The van der Waals surface area contributed by atoms with E-state index < -0.39 is 34.8 Å². The van der Waals surface area contributed by atoms with E-state index in [0.29, 0.717) is 58.4 Å². The van der Waals surface area contributed by atoms with Gasteiger partial charge in [-0.2, -0.15) is 0 Å². The molecule has 0 saturated heterocycles. The Balaban J connectivity index is 0.000000235. The highest BCUT2D eigenvalue weighted by Gasteiger charge is 2.39. The number of aromatic hydroxyl groups is 1. The molecule has 0 fully saturated rings. The number of aryl methyl sites for hydroxylation is 3. The number of ether oxygens (including phenoxy) is 3. The van der Waals surface area contributed by atoms with Crippen molar-refractivity contribution in [1.29, 1.82) is 0 Å². The number of nitrogens with zero attached hydrogens (tertiary/aromatic N) is 3. The molecular weight excluding hydrogens is 1110 g/mol. The molecule has 18 heteroatoms. The summed E-state index contributed by atoms with van der Waals surface area (Å²) in [6.45, 7) is 18.2. The number of rotatable bonds is 18. The first-order valence-corrected chi connectivity index (χ1v) is 27.8. The summed E-state index contributed by atoms with van der Waals surface area (Å²) in [4.78, 5) is 76.1. The smallest absolute Gasteiger partial charge is 0.308 e. The summed E-state index contributed by atoms with van der Waals surface area (Å²) < 4.78 is 17.8. The van der Waals surface area contributed by atoms with Crippen molar-refractivity contribution in [3.63, 3.8) is 0 Å². The van der Waals surface area contributed by atoms with Gasteiger partial charge >= 0.3 is 5.97 Å². The molecule has 0 bridgehead atoms. The largest absolute Gasteiger partial charge is 0.508 e. The van der Waals surface area contributed by atoms with Crippen molar-refractivity contribution < 1.29 is 48.1 Å². The van der Waals surface area contributed by atoms with Gasteiger partial charge in [0.05, 0.1) is 33.5 Å². The van der Waals surface area contributed by atoms with E-state index in [0.717, 1.165) is 33.6 Å². The van der Waals surface area contributed by atoms with Crippen LogP contribution in [0.4, 0.5) is 17.1 Å². The van der Waals surface area contributed by atoms with Crippen LogP contribution in [0.2, 0.25) is 10.0 Å². The Morgan fingerprint density at radius 2 is 1.19 bits per heavy atom. The van der Waals surface area contributed by atoms with Crippen molar-refractivity contribution in [1.82, 2.24) is 15.0 Å². The highest BCUT2D eigenvalue weighted by atomic mass is 35.5. The van der Waals surface area contributed by atoms with Gasteiger partial charge in [0, 0.05) is 29.9 Å². The first-order chi connectivity index (χ1) is 39.7. The predicted octanol–water partition coefficient (Wildman–Crippen LogP) is 13.9. The number of carbonyl (C=O) groups excluding carboxylic acids is 6. The van der Waals surface area contributed by atoms with Crippen molar-refractivity contribution in [2.75, 3.05) is 22.6 Å². The fourth-order valence-corrected chi connectivity index (χ4v) is 8.54. The number of fused-ring (bicyclic) bond motifs is 1. The van der Waals surface area contributed by atoms with Gasteiger partial charge in [-0.25, -0.2) is 4.68 Å². The SMILES string of the molecule is CC(=O)Oc1ccccc1.Cc1ccc(Cl)c(NC(=O)C(Oc2ccc(Cc3ccc(O)cc3)cc2)C(=O)C(C)(C)C)c1.Cc1ccc(OCCCC(=O)Nc2ccc(Cl)c(NC(=O)C(C(=O)C(C)(C)C)n3nnc4ccccc43)c2)c(C)c1. The van der Waals surface area contributed by atoms with E-state index in [2.05, 4.69) is 26.3 Å². The highest BCUT2D eigenvalue weighted by Crippen LogP contribution is 2.32. The van der Waals surface area contributed by atoms with Gasteiger partial charge in [0.1, 0.15) is 28.5 Å². The molecule has 7 aromatic carbocycles. The lowest BCUT2D eigenvalue weighted by molar-refractivity contribution is -0.140. The third kappa shape index (κ3) is 19.1. The maximum Gasteiger partial charge on any atom is 0.308 e. The van der Waals surface area contributed by atoms with Crippen molar-refractivity contribution in [2.45, 2.75) is 101 Å². The van der Waals surface area contributed by atoms with E-state index in [1.165, 1.54) is 11.6 Å². The third-order valence-electron chi connectivity index (χ3n) is 12.6. The van der Waals surface area contributed by atoms with E-state index in [1.807, 2.05) is 87.5 Å². The number of hydrogen-bond donors (Lipinski definition) is 4. The molecule has 1 heterocycles. The molecule has 0 aliphatic carbocycles. The van der Waals surface area contributed by atoms with Crippen LogP contribution in [0, 0.1) is 31.6 Å². The minimum Gasteiger partial charge on any atom is -0.508 e. The monoisotopic (exact) mass is 1180 g/mol. The first-order valence-electron chi connectivity index (χ1n) is 27.1. The normalized spacial score (nSPS) is 11.8. The third-order valence-corrected chi connectivity index (χ3v) is 13.3. The van der Waals surface area contributed by atoms with E-state index in [-0.39, 0.29) is 46.3 Å². The molecule has 0 radical (unpaired) electrons. The standard InChI is InChI=1S/C31H34ClN5O4.C27H28ClNO4.C8H8O2/c1-19-12-15-26(20(2)17-19)41-16-8-11-27(38)33-21-13-14-22(32)24(18-21)34-30(40)28(29(39)31(3,4)5)37-25-10-7-6-9-23(25)35-36-37;1-17-5-14-22(28)23(15-17)29-26(32)24(25(31)27(2,3)4)33-21-12-8-19(9-13-21)16-18-6-10-20(30)11-7-18;1-7(9)10-8-5-3-2-4-6-8/h6-7,9-10,12-15,17-18,28H,8,11,16H2,1-5H3,(H,33,38)(H,34,40);5-15,24,30H,16H2,1-4H3,(H,29,32);2-6H,1H3. The Labute approximate surface area is 499 Å². The highest BCUT2D eigenvalue weighted by molar-refractivity contribution is 6.34. The van der Waals surface area contributed by atoms with Crippen LogP contribution in [0.1, 0.15) is 95.2 Å². The fraction of sp³-hybridized carbons (Fsp3) is 0.273. The quantitative estimate of drug-likeness (QED) is 0.0273. The van der Waals surface area contributed by atoms with Gasteiger partial charge in [0.25, 0.3) is 11.8 Å². The Bertz CT molecular complexity index is 3590. The van der Waals surface area contributed by atoms with Crippen molar-refractivity contribution in [2.24, 2.45) is 10.8 Å². The number of ketones is 2. The maximum absolute atomic E-state index is 13.6. The van der Waals surface area contributed by atoms with Gasteiger partial charge < -0.3 is 35.3 Å². The fourth-order valence-electron chi connectivity index (χ4n) is 8.21. The number of esters is 1. The molecule has 84 heavy (non-hydrogen) atoms. The number of phenols is 1. The van der Waals surface area contributed by atoms with Crippen LogP contribution in [0.25, 0.3) is 11.0 Å². The van der Waals surface area contributed by atoms with Crippen LogP contribution in [-0.4, -0.2) is 68.1 Å². The topological polar surface area (TPSA) is 217 Å². The second-order valence-corrected chi connectivity index (χ2v) is 22.8. The molecule has 2 unspecified atom stereocenters. The Kier molecular flexibility index (Phi) is 22.5. The van der Waals surface area contributed by atoms with Gasteiger partial charge in [0.15, 0.2) is 17.6 Å². The zero-order valence-corrected chi connectivity index (χ0v) is 50.2. The molecule has 8 rings (SSSR count). The van der Waals surface area contributed by atoms with E-state index >= 15 is 0 Å². The second kappa shape index (κ2) is 29.4. The Hall–Kier alpha value is -8.86. The summed E-state index contributed by atoms with van der Waals surface area (Å²) in [7, 11) is 0. The van der Waals surface area contributed by atoms with Gasteiger partial charge in [-0.3, -0.25) is 28.8 Å². The molecule has 3 amide bonds. The van der Waals surface area contributed by atoms with Crippen LogP contribution in [0.3, 0.4) is 0 Å². The predicted molar refractivity (Wildman–Crippen MR) is 329 cm³/mol.